The van der Waals surface area contributed by atoms with Crippen molar-refractivity contribution in [2.75, 3.05) is 6.54 Å². The molecular weight excluding hydrogens is 234 g/mol. The number of ether oxygens (including phenoxy) is 1. The minimum absolute atomic E-state index is 0.250. The van der Waals surface area contributed by atoms with Crippen LogP contribution in [0.2, 0.25) is 5.02 Å². The van der Waals surface area contributed by atoms with Gasteiger partial charge in [-0.15, -0.1) is 0 Å². The van der Waals surface area contributed by atoms with Crippen LogP contribution in [0.15, 0.2) is 18.2 Å². The Bertz CT molecular complexity index is 380. The molecule has 0 radical (unpaired) electrons. The Morgan fingerprint density at radius 1 is 1.29 bits per heavy atom. The van der Waals surface area contributed by atoms with Gasteiger partial charge in [0.2, 0.25) is 0 Å². The molecule has 1 aromatic carbocycles. The average Bonchev–Trinajstić information content (AvgIpc) is 2.64. The molecule has 2 unspecified atom stereocenters. The van der Waals surface area contributed by atoms with E-state index in [-0.39, 0.29) is 6.10 Å². The van der Waals surface area contributed by atoms with Crippen LogP contribution in [0.5, 0.6) is 5.75 Å². The lowest BCUT2D eigenvalue weighted by Gasteiger charge is -2.19. The largest absolute Gasteiger partial charge is 0.488 e. The van der Waals surface area contributed by atoms with Gasteiger partial charge in [-0.3, -0.25) is 0 Å². The molecule has 0 aromatic heterocycles. The monoisotopic (exact) mass is 253 g/mol. The first-order chi connectivity index (χ1) is 8.26. The molecule has 0 saturated carbocycles. The van der Waals surface area contributed by atoms with Crippen molar-refractivity contribution in [2.45, 2.75) is 45.3 Å². The van der Waals surface area contributed by atoms with Gasteiger partial charge in [0.15, 0.2) is 0 Å². The van der Waals surface area contributed by atoms with Crippen LogP contribution in [-0.4, -0.2) is 12.6 Å². The second-order valence-electron chi connectivity index (χ2n) is 4.56. The quantitative estimate of drug-likeness (QED) is 0.858. The Balaban J connectivity index is 2.20. The van der Waals surface area contributed by atoms with Crippen molar-refractivity contribution < 1.29 is 4.74 Å². The lowest BCUT2D eigenvalue weighted by Crippen LogP contribution is -2.31. The highest BCUT2D eigenvalue weighted by Crippen LogP contribution is 2.39. The number of benzene rings is 1. The van der Waals surface area contributed by atoms with E-state index in [2.05, 4.69) is 19.2 Å². The summed E-state index contributed by atoms with van der Waals surface area (Å²) < 4.78 is 5.99. The van der Waals surface area contributed by atoms with Crippen LogP contribution in [0, 0.1) is 0 Å². The fourth-order valence-electron chi connectivity index (χ4n) is 2.35. The minimum atomic E-state index is 0.250. The third-order valence-corrected chi connectivity index (χ3v) is 3.38. The first-order valence-electron chi connectivity index (χ1n) is 6.45. The Labute approximate surface area is 108 Å². The van der Waals surface area contributed by atoms with Crippen LogP contribution in [-0.2, 0) is 0 Å². The molecule has 0 aliphatic carbocycles. The second kappa shape index (κ2) is 5.74. The van der Waals surface area contributed by atoms with Gasteiger partial charge in [-0.25, -0.2) is 0 Å². The number of hydrogen-bond acceptors (Lipinski definition) is 2. The molecule has 0 amide bonds. The predicted molar refractivity (Wildman–Crippen MR) is 71.8 cm³/mol. The van der Waals surface area contributed by atoms with E-state index in [1.54, 1.807) is 0 Å². The van der Waals surface area contributed by atoms with Gasteiger partial charge in [-0.2, -0.15) is 0 Å². The smallest absolute Gasteiger partial charge is 0.124 e. The van der Waals surface area contributed by atoms with Crippen molar-refractivity contribution >= 4 is 11.6 Å². The number of nitrogens with one attached hydrogen (secondary N) is 1. The van der Waals surface area contributed by atoms with E-state index in [4.69, 9.17) is 16.3 Å². The van der Waals surface area contributed by atoms with Crippen LogP contribution in [0.25, 0.3) is 0 Å². The Morgan fingerprint density at radius 2 is 2.12 bits per heavy atom. The van der Waals surface area contributed by atoms with E-state index in [9.17, 15) is 0 Å². The van der Waals surface area contributed by atoms with Gasteiger partial charge in [0.1, 0.15) is 11.9 Å². The summed E-state index contributed by atoms with van der Waals surface area (Å²) in [5.41, 5.74) is 1.21. The molecule has 0 spiro atoms. The summed E-state index contributed by atoms with van der Waals surface area (Å²) in [5.74, 6) is 0.987. The molecule has 2 rings (SSSR count). The lowest BCUT2D eigenvalue weighted by atomic mass is 10.0. The fourth-order valence-corrected chi connectivity index (χ4v) is 2.53. The first kappa shape index (κ1) is 12.7. The predicted octanol–water partition coefficient (Wildman–Crippen LogP) is 3.94. The maximum atomic E-state index is 6.06. The second-order valence-corrected chi connectivity index (χ2v) is 5.00. The highest BCUT2D eigenvalue weighted by atomic mass is 35.5. The molecule has 1 aromatic rings. The third kappa shape index (κ3) is 2.75. The van der Waals surface area contributed by atoms with Crippen molar-refractivity contribution in [3.63, 3.8) is 0 Å². The molecule has 17 heavy (non-hydrogen) atoms. The Hall–Kier alpha value is -0.730. The van der Waals surface area contributed by atoms with Crippen molar-refractivity contribution in [1.29, 1.82) is 0 Å². The van der Waals surface area contributed by atoms with Crippen molar-refractivity contribution in [1.82, 2.24) is 5.32 Å². The van der Waals surface area contributed by atoms with Crippen LogP contribution >= 0.6 is 11.6 Å². The highest BCUT2D eigenvalue weighted by molar-refractivity contribution is 6.30. The molecular formula is C14H20ClNO. The molecule has 3 heteroatoms. The zero-order valence-corrected chi connectivity index (χ0v) is 11.3. The Morgan fingerprint density at radius 3 is 2.82 bits per heavy atom. The van der Waals surface area contributed by atoms with Gasteiger partial charge < -0.3 is 10.1 Å². The zero-order chi connectivity index (χ0) is 12.3. The van der Waals surface area contributed by atoms with Crippen molar-refractivity contribution in [2.24, 2.45) is 0 Å². The topological polar surface area (TPSA) is 21.3 Å². The summed E-state index contributed by atoms with van der Waals surface area (Å²) in [7, 11) is 0. The van der Waals surface area contributed by atoms with E-state index in [1.807, 2.05) is 18.2 Å². The standard InChI is InChI=1S/C14H20ClNO/c1-3-5-13-14(16-8-4-2)11-9-10(15)6-7-12(11)17-13/h6-7,9,13-14,16H,3-5,8H2,1-2H3. The van der Waals surface area contributed by atoms with Gasteiger partial charge in [-0.05, 0) is 37.6 Å². The van der Waals surface area contributed by atoms with Crippen LogP contribution in [0.3, 0.4) is 0 Å². The van der Waals surface area contributed by atoms with Gasteiger partial charge in [0.05, 0.1) is 6.04 Å². The van der Waals surface area contributed by atoms with E-state index in [0.717, 1.165) is 36.6 Å². The lowest BCUT2D eigenvalue weighted by molar-refractivity contribution is 0.178. The fraction of sp³-hybridized carbons (Fsp3) is 0.571. The van der Waals surface area contributed by atoms with Crippen molar-refractivity contribution in [3.05, 3.63) is 28.8 Å². The summed E-state index contributed by atoms with van der Waals surface area (Å²) in [6, 6.07) is 6.20. The highest BCUT2D eigenvalue weighted by Gasteiger charge is 2.33. The normalized spacial score (nSPS) is 22.3. The van der Waals surface area contributed by atoms with Crippen LogP contribution in [0.1, 0.15) is 44.7 Å². The van der Waals surface area contributed by atoms with Crippen LogP contribution in [0.4, 0.5) is 0 Å². The zero-order valence-electron chi connectivity index (χ0n) is 10.5. The molecule has 2 atom stereocenters. The molecule has 0 bridgehead atoms. The molecule has 0 fully saturated rings. The summed E-state index contributed by atoms with van der Waals surface area (Å²) in [6.07, 6.45) is 3.59. The minimum Gasteiger partial charge on any atom is -0.488 e. The van der Waals surface area contributed by atoms with E-state index < -0.39 is 0 Å². The summed E-state index contributed by atoms with van der Waals surface area (Å²) in [4.78, 5) is 0. The molecule has 1 aliphatic heterocycles. The summed E-state index contributed by atoms with van der Waals surface area (Å²) in [6.45, 7) is 5.38. The molecule has 1 heterocycles. The van der Waals surface area contributed by atoms with Crippen LogP contribution < -0.4 is 10.1 Å². The van der Waals surface area contributed by atoms with Gasteiger partial charge in [-0.1, -0.05) is 31.9 Å². The third-order valence-electron chi connectivity index (χ3n) is 3.14. The number of rotatable bonds is 5. The summed E-state index contributed by atoms with van der Waals surface area (Å²) in [5, 5.41) is 4.35. The van der Waals surface area contributed by atoms with E-state index in [0.29, 0.717) is 6.04 Å². The molecule has 1 N–H and O–H groups in total. The SMILES string of the molecule is CCCNC1c2cc(Cl)ccc2OC1CCC. The maximum absolute atomic E-state index is 6.06. The molecule has 94 valence electrons. The molecule has 1 aliphatic rings. The van der Waals surface area contributed by atoms with E-state index in [1.165, 1.54) is 5.56 Å². The number of hydrogen-bond donors (Lipinski definition) is 1. The Kier molecular flexibility index (Phi) is 4.30. The van der Waals surface area contributed by atoms with Crippen molar-refractivity contribution in [3.8, 4) is 5.75 Å². The summed E-state index contributed by atoms with van der Waals surface area (Å²) >= 11 is 6.06. The van der Waals surface area contributed by atoms with Gasteiger partial charge in [0, 0.05) is 10.6 Å². The average molecular weight is 254 g/mol. The first-order valence-corrected chi connectivity index (χ1v) is 6.83. The van der Waals surface area contributed by atoms with Gasteiger partial charge in [0.25, 0.3) is 0 Å². The molecule has 0 saturated heterocycles. The van der Waals surface area contributed by atoms with E-state index >= 15 is 0 Å². The van der Waals surface area contributed by atoms with Gasteiger partial charge >= 0.3 is 0 Å². The molecule has 2 nitrogen and oxygen atoms in total. The number of fused-ring (bicyclic) bond motifs is 1. The maximum Gasteiger partial charge on any atom is 0.124 e. The number of halogens is 1.